The van der Waals surface area contributed by atoms with Gasteiger partial charge >= 0.3 is 5.97 Å². The van der Waals surface area contributed by atoms with Crippen LogP contribution in [0.2, 0.25) is 0 Å². The fraction of sp³-hybridized carbons (Fsp3) is 0.500. The molecule has 1 aliphatic carbocycles. The van der Waals surface area contributed by atoms with Gasteiger partial charge in [-0.25, -0.2) is 8.42 Å². The van der Waals surface area contributed by atoms with Gasteiger partial charge in [0.15, 0.2) is 0 Å². The molecule has 21 heavy (non-hydrogen) atoms. The summed E-state index contributed by atoms with van der Waals surface area (Å²) < 4.78 is 33.2. The molecule has 0 heterocycles. The number of esters is 1. The molecule has 0 spiro atoms. The number of benzene rings is 1. The van der Waals surface area contributed by atoms with Gasteiger partial charge < -0.3 is 9.47 Å². The van der Waals surface area contributed by atoms with Crippen LogP contribution in [0.1, 0.15) is 31.2 Å². The molecule has 0 aliphatic heterocycles. The lowest BCUT2D eigenvalue weighted by molar-refractivity contribution is -0.147. The van der Waals surface area contributed by atoms with Gasteiger partial charge in [-0.1, -0.05) is 0 Å². The molecule has 0 amide bonds. The van der Waals surface area contributed by atoms with Crippen LogP contribution in [0.3, 0.4) is 0 Å². The zero-order chi connectivity index (χ0) is 15.5. The quantitative estimate of drug-likeness (QED) is 0.612. The van der Waals surface area contributed by atoms with Crippen LogP contribution in [0, 0.1) is 0 Å². The largest absolute Gasteiger partial charge is 0.496 e. The zero-order valence-corrected chi connectivity index (χ0v) is 13.2. The summed E-state index contributed by atoms with van der Waals surface area (Å²) in [6.45, 7) is 0. The van der Waals surface area contributed by atoms with E-state index in [0.717, 1.165) is 25.7 Å². The van der Waals surface area contributed by atoms with Crippen molar-refractivity contribution in [1.82, 2.24) is 0 Å². The highest BCUT2D eigenvalue weighted by Gasteiger charge is 2.21. The average molecular weight is 333 g/mol. The Labute approximate surface area is 128 Å². The molecule has 1 saturated carbocycles. The van der Waals surface area contributed by atoms with Crippen LogP contribution in [-0.2, 0) is 25.0 Å². The van der Waals surface area contributed by atoms with Crippen molar-refractivity contribution in [2.24, 2.45) is 0 Å². The third-order valence-corrected chi connectivity index (χ3v) is 4.82. The second kappa shape index (κ2) is 6.66. The minimum atomic E-state index is -3.84. The Morgan fingerprint density at radius 3 is 2.57 bits per heavy atom. The lowest BCUT2D eigenvalue weighted by atomic mass is 10.1. The highest BCUT2D eigenvalue weighted by atomic mass is 35.7. The summed E-state index contributed by atoms with van der Waals surface area (Å²) >= 11 is 0. The predicted molar refractivity (Wildman–Crippen MR) is 78.1 cm³/mol. The van der Waals surface area contributed by atoms with Gasteiger partial charge in [0.25, 0.3) is 9.05 Å². The average Bonchev–Trinajstić information content (AvgIpc) is 2.90. The van der Waals surface area contributed by atoms with E-state index in [1.807, 2.05) is 0 Å². The molecule has 5 nitrogen and oxygen atoms in total. The molecule has 0 radical (unpaired) electrons. The molecule has 0 atom stereocenters. The number of rotatable bonds is 5. The highest BCUT2D eigenvalue weighted by Crippen LogP contribution is 2.26. The minimum Gasteiger partial charge on any atom is -0.496 e. The molecule has 1 aliphatic rings. The predicted octanol–water partition coefficient (Wildman–Crippen LogP) is 2.65. The monoisotopic (exact) mass is 332 g/mol. The Morgan fingerprint density at radius 2 is 2.00 bits per heavy atom. The van der Waals surface area contributed by atoms with Crippen LogP contribution < -0.4 is 4.74 Å². The number of hydrogen-bond donors (Lipinski definition) is 0. The standard InChI is InChI=1S/C14H17ClO5S/c1-19-13-7-6-12(21(15,17)18)8-10(13)9-14(16)20-11-4-2-3-5-11/h6-8,11H,2-5,9H2,1H3. The summed E-state index contributed by atoms with van der Waals surface area (Å²) in [5, 5.41) is 0. The molecule has 1 fully saturated rings. The molecule has 0 aromatic heterocycles. The maximum absolute atomic E-state index is 11.9. The molecule has 116 valence electrons. The summed E-state index contributed by atoms with van der Waals surface area (Å²) in [6, 6.07) is 4.16. The molecule has 0 unspecified atom stereocenters. The van der Waals surface area contributed by atoms with Gasteiger partial charge in [0.1, 0.15) is 11.9 Å². The van der Waals surface area contributed by atoms with Crippen LogP contribution in [-0.4, -0.2) is 27.6 Å². The van der Waals surface area contributed by atoms with Gasteiger partial charge in [-0.15, -0.1) is 0 Å². The Hall–Kier alpha value is -1.27. The van der Waals surface area contributed by atoms with Crippen molar-refractivity contribution in [3.05, 3.63) is 23.8 Å². The Morgan fingerprint density at radius 1 is 1.33 bits per heavy atom. The van der Waals surface area contributed by atoms with E-state index in [0.29, 0.717) is 11.3 Å². The lowest BCUT2D eigenvalue weighted by Gasteiger charge is -2.13. The van der Waals surface area contributed by atoms with Crippen LogP contribution in [0.15, 0.2) is 23.1 Å². The van der Waals surface area contributed by atoms with Crippen LogP contribution in [0.25, 0.3) is 0 Å². The molecular formula is C14H17ClO5S. The number of ether oxygens (including phenoxy) is 2. The molecular weight excluding hydrogens is 316 g/mol. The first kappa shape index (κ1) is 16.1. The van der Waals surface area contributed by atoms with E-state index in [4.69, 9.17) is 20.2 Å². The summed E-state index contributed by atoms with van der Waals surface area (Å²) in [5.74, 6) is 0.0479. The van der Waals surface area contributed by atoms with Crippen molar-refractivity contribution in [3.63, 3.8) is 0 Å². The molecule has 1 aromatic carbocycles. The van der Waals surface area contributed by atoms with E-state index < -0.39 is 9.05 Å². The first-order valence-electron chi connectivity index (χ1n) is 6.71. The van der Waals surface area contributed by atoms with Gasteiger partial charge in [-0.3, -0.25) is 4.79 Å². The fourth-order valence-electron chi connectivity index (χ4n) is 2.43. The lowest BCUT2D eigenvalue weighted by Crippen LogP contribution is -2.17. The number of hydrogen-bond acceptors (Lipinski definition) is 5. The van der Waals surface area contributed by atoms with Crippen LogP contribution in [0.4, 0.5) is 0 Å². The van der Waals surface area contributed by atoms with Crippen molar-refractivity contribution in [1.29, 1.82) is 0 Å². The van der Waals surface area contributed by atoms with Crippen LogP contribution >= 0.6 is 10.7 Å². The molecule has 0 saturated heterocycles. The number of methoxy groups -OCH3 is 1. The molecule has 0 N–H and O–H groups in total. The van der Waals surface area contributed by atoms with E-state index in [1.165, 1.54) is 25.3 Å². The highest BCUT2D eigenvalue weighted by molar-refractivity contribution is 8.13. The van der Waals surface area contributed by atoms with Gasteiger partial charge in [0.05, 0.1) is 18.4 Å². The second-order valence-electron chi connectivity index (χ2n) is 4.98. The van der Waals surface area contributed by atoms with Crippen molar-refractivity contribution in [2.75, 3.05) is 7.11 Å². The number of carbonyl (C=O) groups excluding carboxylic acids is 1. The summed E-state index contributed by atoms with van der Waals surface area (Å²) in [4.78, 5) is 11.9. The van der Waals surface area contributed by atoms with Gasteiger partial charge in [-0.2, -0.15) is 0 Å². The second-order valence-corrected chi connectivity index (χ2v) is 7.55. The third-order valence-electron chi connectivity index (χ3n) is 3.47. The summed E-state index contributed by atoms with van der Waals surface area (Å²) in [7, 11) is 2.93. The van der Waals surface area contributed by atoms with Gasteiger partial charge in [0.2, 0.25) is 0 Å². The first-order valence-corrected chi connectivity index (χ1v) is 9.02. The minimum absolute atomic E-state index is 0.0246. The third kappa shape index (κ3) is 4.35. The molecule has 0 bridgehead atoms. The van der Waals surface area contributed by atoms with Gasteiger partial charge in [-0.05, 0) is 43.9 Å². The normalized spacial score (nSPS) is 15.9. The topological polar surface area (TPSA) is 69.7 Å². The van der Waals surface area contributed by atoms with E-state index in [9.17, 15) is 13.2 Å². The maximum atomic E-state index is 11.9. The number of carbonyl (C=O) groups is 1. The van der Waals surface area contributed by atoms with E-state index in [-0.39, 0.29) is 23.4 Å². The van der Waals surface area contributed by atoms with Gasteiger partial charge in [0, 0.05) is 16.2 Å². The van der Waals surface area contributed by atoms with E-state index >= 15 is 0 Å². The van der Waals surface area contributed by atoms with Crippen molar-refractivity contribution in [3.8, 4) is 5.75 Å². The molecule has 7 heteroatoms. The van der Waals surface area contributed by atoms with E-state index in [1.54, 1.807) is 0 Å². The van der Waals surface area contributed by atoms with Crippen LogP contribution in [0.5, 0.6) is 5.75 Å². The van der Waals surface area contributed by atoms with Crippen molar-refractivity contribution < 1.29 is 22.7 Å². The first-order chi connectivity index (χ1) is 9.90. The Bertz CT molecular complexity index is 620. The molecule has 2 rings (SSSR count). The summed E-state index contributed by atoms with van der Waals surface area (Å²) in [6.07, 6.45) is 3.85. The summed E-state index contributed by atoms with van der Waals surface area (Å²) in [5.41, 5.74) is 0.447. The van der Waals surface area contributed by atoms with E-state index in [2.05, 4.69) is 0 Å². The Balaban J connectivity index is 2.15. The SMILES string of the molecule is COc1ccc(S(=O)(=O)Cl)cc1CC(=O)OC1CCCC1. The number of halogens is 1. The zero-order valence-electron chi connectivity index (χ0n) is 11.7. The smallest absolute Gasteiger partial charge is 0.310 e. The van der Waals surface area contributed by atoms with Crippen molar-refractivity contribution in [2.45, 2.75) is 43.1 Å². The van der Waals surface area contributed by atoms with Crippen molar-refractivity contribution >= 4 is 25.7 Å². The Kier molecular flexibility index (Phi) is 5.11. The fourth-order valence-corrected chi connectivity index (χ4v) is 3.24. The maximum Gasteiger partial charge on any atom is 0.310 e. The molecule has 1 aromatic rings.